The van der Waals surface area contributed by atoms with Crippen LogP contribution < -0.4 is 10.6 Å². The summed E-state index contributed by atoms with van der Waals surface area (Å²) in [5.41, 5.74) is 5.97. The Morgan fingerprint density at radius 2 is 1.57 bits per heavy atom. The third kappa shape index (κ3) is 6.67. The highest BCUT2D eigenvalue weighted by Crippen LogP contribution is 2.23. The van der Waals surface area contributed by atoms with Crippen molar-refractivity contribution < 1.29 is 9.59 Å². The Balaban J connectivity index is 1.49. The summed E-state index contributed by atoms with van der Waals surface area (Å²) < 4.78 is 1.91. The van der Waals surface area contributed by atoms with E-state index in [0.717, 1.165) is 33.5 Å². The molecule has 0 radical (unpaired) electrons. The topological polar surface area (TPSA) is 76.0 Å². The summed E-state index contributed by atoms with van der Waals surface area (Å²) in [6.07, 6.45) is 2.14. The number of aromatic nitrogens is 2. The van der Waals surface area contributed by atoms with E-state index in [4.69, 9.17) is 5.10 Å². The van der Waals surface area contributed by atoms with Gasteiger partial charge in [-0.25, -0.2) is 0 Å². The van der Waals surface area contributed by atoms with Crippen molar-refractivity contribution in [3.63, 3.8) is 0 Å². The summed E-state index contributed by atoms with van der Waals surface area (Å²) in [5.74, 6) is -0.309. The molecule has 2 amide bonds. The molecular weight excluding hydrogens is 436 g/mol. The van der Waals surface area contributed by atoms with Crippen molar-refractivity contribution in [2.75, 3.05) is 0 Å². The monoisotopic (exact) mass is 466 g/mol. The minimum absolute atomic E-state index is 0.140. The van der Waals surface area contributed by atoms with E-state index in [9.17, 15) is 9.59 Å². The van der Waals surface area contributed by atoms with Gasteiger partial charge in [0.25, 0.3) is 0 Å². The molecule has 0 saturated heterocycles. The van der Waals surface area contributed by atoms with Gasteiger partial charge in [0.05, 0.1) is 24.7 Å². The second-order valence-corrected chi connectivity index (χ2v) is 8.70. The van der Waals surface area contributed by atoms with Crippen molar-refractivity contribution in [2.24, 2.45) is 0 Å². The lowest BCUT2D eigenvalue weighted by Crippen LogP contribution is -2.32. The maximum atomic E-state index is 12.9. The number of carbonyl (C=O) groups is 2. The standard InChI is InChI=1S/C29H30N4O2/c1-21-13-15-24(16-14-21)27(31-22(2)34)17-28(35)30-18-26-20-33(19-23-9-5-3-6-10-23)32-29(26)25-11-7-4-8-12-25/h3-16,20,27H,17-19H2,1-2H3,(H,30,35)(H,31,34)/t27-/m0/s1. The van der Waals surface area contributed by atoms with Crippen molar-refractivity contribution in [1.29, 1.82) is 0 Å². The second-order valence-electron chi connectivity index (χ2n) is 8.70. The summed E-state index contributed by atoms with van der Waals surface area (Å²) in [6, 6.07) is 27.6. The second kappa shape index (κ2) is 11.3. The molecule has 35 heavy (non-hydrogen) atoms. The van der Waals surface area contributed by atoms with Crippen LogP contribution in [0, 0.1) is 6.92 Å². The van der Waals surface area contributed by atoms with E-state index in [1.165, 1.54) is 6.92 Å². The molecule has 0 aliphatic heterocycles. The van der Waals surface area contributed by atoms with Crippen LogP contribution in [0.25, 0.3) is 11.3 Å². The minimum Gasteiger partial charge on any atom is -0.352 e. The van der Waals surface area contributed by atoms with Crippen LogP contribution in [-0.4, -0.2) is 21.6 Å². The van der Waals surface area contributed by atoms with Gasteiger partial charge in [-0.05, 0) is 18.1 Å². The Labute approximate surface area is 206 Å². The molecule has 0 saturated carbocycles. The van der Waals surface area contributed by atoms with Crippen LogP contribution in [0.1, 0.15) is 41.6 Å². The predicted octanol–water partition coefficient (Wildman–Crippen LogP) is 4.79. The maximum Gasteiger partial charge on any atom is 0.222 e. The molecule has 0 aliphatic rings. The van der Waals surface area contributed by atoms with E-state index in [-0.39, 0.29) is 24.3 Å². The molecule has 0 aliphatic carbocycles. The van der Waals surface area contributed by atoms with Gasteiger partial charge in [-0.1, -0.05) is 90.5 Å². The van der Waals surface area contributed by atoms with E-state index in [1.54, 1.807) is 0 Å². The zero-order chi connectivity index (χ0) is 24.6. The largest absolute Gasteiger partial charge is 0.352 e. The normalized spacial score (nSPS) is 11.6. The molecule has 1 atom stereocenters. The SMILES string of the molecule is CC(=O)N[C@@H](CC(=O)NCc1cn(Cc2ccccc2)nc1-c1ccccc1)c1ccc(C)cc1. The summed E-state index contributed by atoms with van der Waals surface area (Å²) in [5, 5.41) is 10.7. The molecule has 1 heterocycles. The summed E-state index contributed by atoms with van der Waals surface area (Å²) in [7, 11) is 0. The molecule has 6 nitrogen and oxygen atoms in total. The number of carbonyl (C=O) groups excluding carboxylic acids is 2. The first-order chi connectivity index (χ1) is 17.0. The fraction of sp³-hybridized carbons (Fsp3) is 0.207. The van der Waals surface area contributed by atoms with E-state index in [1.807, 2.05) is 90.6 Å². The Morgan fingerprint density at radius 3 is 2.23 bits per heavy atom. The number of rotatable bonds is 9. The van der Waals surface area contributed by atoms with Gasteiger partial charge in [-0.15, -0.1) is 0 Å². The number of nitrogens with zero attached hydrogens (tertiary/aromatic N) is 2. The van der Waals surface area contributed by atoms with E-state index < -0.39 is 0 Å². The first-order valence-electron chi connectivity index (χ1n) is 11.7. The van der Waals surface area contributed by atoms with Crippen molar-refractivity contribution in [2.45, 2.75) is 39.4 Å². The average Bonchev–Trinajstić information content (AvgIpc) is 3.26. The molecule has 4 rings (SSSR count). The van der Waals surface area contributed by atoms with Crippen LogP contribution in [0.5, 0.6) is 0 Å². The van der Waals surface area contributed by atoms with Crippen LogP contribution >= 0.6 is 0 Å². The van der Waals surface area contributed by atoms with Crippen molar-refractivity contribution in [1.82, 2.24) is 20.4 Å². The van der Waals surface area contributed by atoms with Gasteiger partial charge in [-0.2, -0.15) is 5.10 Å². The highest BCUT2D eigenvalue weighted by Gasteiger charge is 2.18. The number of benzene rings is 3. The molecule has 1 aromatic heterocycles. The highest BCUT2D eigenvalue weighted by atomic mass is 16.2. The predicted molar refractivity (Wildman–Crippen MR) is 137 cm³/mol. The molecule has 2 N–H and O–H groups in total. The fourth-order valence-electron chi connectivity index (χ4n) is 4.03. The summed E-state index contributed by atoms with van der Waals surface area (Å²) >= 11 is 0. The van der Waals surface area contributed by atoms with E-state index in [0.29, 0.717) is 13.1 Å². The number of hydrogen-bond acceptors (Lipinski definition) is 3. The third-order valence-electron chi connectivity index (χ3n) is 5.79. The number of amides is 2. The Bertz CT molecular complexity index is 1270. The van der Waals surface area contributed by atoms with Gasteiger partial charge in [0.15, 0.2) is 0 Å². The minimum atomic E-state index is -0.387. The first kappa shape index (κ1) is 24.0. The van der Waals surface area contributed by atoms with Crippen LogP contribution in [-0.2, 0) is 22.7 Å². The van der Waals surface area contributed by atoms with Gasteiger partial charge in [0.1, 0.15) is 0 Å². The third-order valence-corrected chi connectivity index (χ3v) is 5.79. The first-order valence-corrected chi connectivity index (χ1v) is 11.7. The number of hydrogen-bond donors (Lipinski definition) is 2. The highest BCUT2D eigenvalue weighted by molar-refractivity contribution is 5.79. The van der Waals surface area contributed by atoms with Gasteiger partial charge < -0.3 is 10.6 Å². The molecule has 178 valence electrons. The molecule has 0 fully saturated rings. The smallest absolute Gasteiger partial charge is 0.222 e. The van der Waals surface area contributed by atoms with Crippen molar-refractivity contribution in [3.05, 3.63) is 113 Å². The van der Waals surface area contributed by atoms with E-state index >= 15 is 0 Å². The average molecular weight is 467 g/mol. The van der Waals surface area contributed by atoms with Crippen molar-refractivity contribution >= 4 is 11.8 Å². The molecular formula is C29H30N4O2. The number of aryl methyl sites for hydroxylation is 1. The molecule has 0 spiro atoms. The molecule has 0 unspecified atom stereocenters. The van der Waals surface area contributed by atoms with Gasteiger partial charge in [0, 0.05) is 30.8 Å². The zero-order valence-corrected chi connectivity index (χ0v) is 20.1. The lowest BCUT2D eigenvalue weighted by atomic mass is 10.0. The lowest BCUT2D eigenvalue weighted by molar-refractivity contribution is -0.122. The Hall–Kier alpha value is -4.19. The number of nitrogens with one attached hydrogen (secondary N) is 2. The van der Waals surface area contributed by atoms with Crippen LogP contribution in [0.3, 0.4) is 0 Å². The van der Waals surface area contributed by atoms with Gasteiger partial charge in [-0.3, -0.25) is 14.3 Å². The molecule has 3 aromatic carbocycles. The molecule has 4 aromatic rings. The Morgan fingerprint density at radius 1 is 0.914 bits per heavy atom. The van der Waals surface area contributed by atoms with Gasteiger partial charge >= 0.3 is 0 Å². The molecule has 0 bridgehead atoms. The zero-order valence-electron chi connectivity index (χ0n) is 20.1. The van der Waals surface area contributed by atoms with E-state index in [2.05, 4.69) is 22.8 Å². The maximum absolute atomic E-state index is 12.9. The quantitative estimate of drug-likeness (QED) is 0.372. The van der Waals surface area contributed by atoms with Crippen LogP contribution in [0.15, 0.2) is 91.1 Å². The van der Waals surface area contributed by atoms with Crippen LogP contribution in [0.2, 0.25) is 0 Å². The lowest BCUT2D eigenvalue weighted by Gasteiger charge is -2.18. The Kier molecular flexibility index (Phi) is 7.73. The fourth-order valence-corrected chi connectivity index (χ4v) is 4.03. The summed E-state index contributed by atoms with van der Waals surface area (Å²) in [6.45, 7) is 4.46. The van der Waals surface area contributed by atoms with Gasteiger partial charge in [0.2, 0.25) is 11.8 Å². The van der Waals surface area contributed by atoms with Crippen molar-refractivity contribution in [3.8, 4) is 11.3 Å². The molecule has 6 heteroatoms. The summed E-state index contributed by atoms with van der Waals surface area (Å²) in [4.78, 5) is 24.7. The van der Waals surface area contributed by atoms with Crippen LogP contribution in [0.4, 0.5) is 0 Å².